The van der Waals surface area contributed by atoms with Crippen LogP contribution in [-0.2, 0) is 19.9 Å². The fourth-order valence-electron chi connectivity index (χ4n) is 3.16. The van der Waals surface area contributed by atoms with Crippen molar-refractivity contribution in [1.29, 1.82) is 0 Å². The van der Waals surface area contributed by atoms with E-state index in [-0.39, 0.29) is 0 Å². The van der Waals surface area contributed by atoms with Crippen LogP contribution in [0.2, 0.25) is 0 Å². The summed E-state index contributed by atoms with van der Waals surface area (Å²) in [5, 5.41) is 0. The van der Waals surface area contributed by atoms with Crippen molar-refractivity contribution in [1.82, 2.24) is 9.47 Å². The molecule has 0 radical (unpaired) electrons. The van der Waals surface area contributed by atoms with Crippen LogP contribution in [0.15, 0.2) is 12.3 Å². The molecule has 2 nitrogen and oxygen atoms in total. The van der Waals surface area contributed by atoms with E-state index in [2.05, 4.69) is 42.6 Å². The molecule has 1 heterocycles. The first kappa shape index (κ1) is 12.7. The fraction of sp³-hybridized carbons (Fsp3) is 0.733. The molecule has 1 aliphatic carbocycles. The lowest BCUT2D eigenvalue weighted by molar-refractivity contribution is 0.179. The van der Waals surface area contributed by atoms with Crippen LogP contribution >= 0.6 is 0 Å². The third-order valence-electron chi connectivity index (χ3n) is 4.00. The molecule has 96 valence electrons. The van der Waals surface area contributed by atoms with Gasteiger partial charge in [-0.2, -0.15) is 0 Å². The van der Waals surface area contributed by atoms with Crippen molar-refractivity contribution in [3.8, 4) is 0 Å². The lowest BCUT2D eigenvalue weighted by Gasteiger charge is -2.34. The van der Waals surface area contributed by atoms with Gasteiger partial charge in [-0.1, -0.05) is 13.8 Å². The molecule has 2 heteroatoms. The first-order valence-corrected chi connectivity index (χ1v) is 7.13. The number of rotatable bonds is 5. The van der Waals surface area contributed by atoms with Crippen LogP contribution in [0.4, 0.5) is 0 Å². The van der Waals surface area contributed by atoms with E-state index in [0.29, 0.717) is 0 Å². The summed E-state index contributed by atoms with van der Waals surface area (Å²) in [6.07, 6.45) is 8.63. The van der Waals surface area contributed by atoms with Crippen LogP contribution in [0.25, 0.3) is 0 Å². The minimum Gasteiger partial charge on any atom is -0.354 e. The molecule has 2 rings (SSSR count). The number of hydrogen-bond acceptors (Lipinski definition) is 1. The van der Waals surface area contributed by atoms with Gasteiger partial charge in [-0.25, -0.2) is 0 Å². The third kappa shape index (κ3) is 2.74. The summed E-state index contributed by atoms with van der Waals surface area (Å²) >= 11 is 0. The van der Waals surface area contributed by atoms with Crippen molar-refractivity contribution in [3.05, 3.63) is 23.5 Å². The van der Waals surface area contributed by atoms with Crippen LogP contribution in [-0.4, -0.2) is 28.6 Å². The number of fused-ring (bicyclic) bond motifs is 1. The Morgan fingerprint density at radius 3 is 2.65 bits per heavy atom. The van der Waals surface area contributed by atoms with Gasteiger partial charge in [0.1, 0.15) is 0 Å². The second kappa shape index (κ2) is 5.72. The summed E-state index contributed by atoms with van der Waals surface area (Å²) in [4.78, 5) is 2.70. The number of hydrogen-bond donors (Lipinski definition) is 0. The van der Waals surface area contributed by atoms with Crippen molar-refractivity contribution >= 4 is 0 Å². The maximum Gasteiger partial charge on any atom is 0.0205 e. The van der Waals surface area contributed by atoms with Crippen molar-refractivity contribution in [2.24, 2.45) is 7.05 Å². The largest absolute Gasteiger partial charge is 0.354 e. The van der Waals surface area contributed by atoms with Gasteiger partial charge < -0.3 is 9.47 Å². The SMILES string of the molecule is CCCN(CCC)[C@@H]1CCc2c(ccn2C)C1. The molecule has 0 fully saturated rings. The molecule has 0 saturated heterocycles. The van der Waals surface area contributed by atoms with E-state index in [1.807, 2.05) is 0 Å². The van der Waals surface area contributed by atoms with Gasteiger partial charge in [0.05, 0.1) is 0 Å². The summed E-state index contributed by atoms with van der Waals surface area (Å²) in [5.41, 5.74) is 3.15. The molecular formula is C15H26N2. The van der Waals surface area contributed by atoms with Gasteiger partial charge in [0.25, 0.3) is 0 Å². The van der Waals surface area contributed by atoms with E-state index in [4.69, 9.17) is 0 Å². The topological polar surface area (TPSA) is 8.17 Å². The Bertz CT molecular complexity index is 348. The Hall–Kier alpha value is -0.760. The predicted molar refractivity (Wildman–Crippen MR) is 73.4 cm³/mol. The molecule has 0 saturated carbocycles. The zero-order valence-electron chi connectivity index (χ0n) is 11.6. The zero-order valence-corrected chi connectivity index (χ0v) is 11.6. The maximum absolute atomic E-state index is 2.70. The average molecular weight is 234 g/mol. The molecule has 1 aromatic rings. The molecule has 0 amide bonds. The van der Waals surface area contributed by atoms with Crippen molar-refractivity contribution in [2.45, 2.75) is 52.0 Å². The molecule has 0 bridgehead atoms. The normalized spacial score (nSPS) is 19.6. The highest BCUT2D eigenvalue weighted by atomic mass is 15.1. The first-order valence-electron chi connectivity index (χ1n) is 7.13. The van der Waals surface area contributed by atoms with E-state index in [1.54, 1.807) is 11.3 Å². The van der Waals surface area contributed by atoms with Crippen molar-refractivity contribution < 1.29 is 0 Å². The Labute approximate surface area is 106 Å². The van der Waals surface area contributed by atoms with Gasteiger partial charge in [-0.05, 0) is 56.8 Å². The Kier molecular flexibility index (Phi) is 4.27. The van der Waals surface area contributed by atoms with Crippen LogP contribution in [0.1, 0.15) is 44.4 Å². The molecule has 1 aliphatic rings. The number of aromatic nitrogens is 1. The highest BCUT2D eigenvalue weighted by molar-refractivity contribution is 5.26. The van der Waals surface area contributed by atoms with E-state index < -0.39 is 0 Å². The lowest BCUT2D eigenvalue weighted by atomic mass is 9.92. The molecule has 0 N–H and O–H groups in total. The molecule has 17 heavy (non-hydrogen) atoms. The van der Waals surface area contributed by atoms with E-state index >= 15 is 0 Å². The van der Waals surface area contributed by atoms with Crippen molar-refractivity contribution in [3.63, 3.8) is 0 Å². The monoisotopic (exact) mass is 234 g/mol. The Balaban J connectivity index is 2.04. The van der Waals surface area contributed by atoms with Gasteiger partial charge in [0.15, 0.2) is 0 Å². The molecule has 0 spiro atoms. The predicted octanol–water partition coefficient (Wildman–Crippen LogP) is 3.00. The number of nitrogens with zero attached hydrogens (tertiary/aromatic N) is 2. The first-order chi connectivity index (χ1) is 8.26. The van der Waals surface area contributed by atoms with Gasteiger partial charge in [0, 0.05) is 25.0 Å². The smallest absolute Gasteiger partial charge is 0.0205 e. The van der Waals surface area contributed by atoms with E-state index in [9.17, 15) is 0 Å². The highest BCUT2D eigenvalue weighted by Crippen LogP contribution is 2.25. The summed E-state index contributed by atoms with van der Waals surface area (Å²) in [6.45, 7) is 7.11. The zero-order chi connectivity index (χ0) is 12.3. The molecule has 0 unspecified atom stereocenters. The van der Waals surface area contributed by atoms with Crippen LogP contribution in [0, 0.1) is 0 Å². The minimum absolute atomic E-state index is 0.782. The third-order valence-corrected chi connectivity index (χ3v) is 4.00. The highest BCUT2D eigenvalue weighted by Gasteiger charge is 2.24. The second-order valence-electron chi connectivity index (χ2n) is 5.33. The van der Waals surface area contributed by atoms with Crippen LogP contribution in [0.5, 0.6) is 0 Å². The molecule has 0 aliphatic heterocycles. The van der Waals surface area contributed by atoms with Gasteiger partial charge in [0.2, 0.25) is 0 Å². The molecule has 1 aromatic heterocycles. The Morgan fingerprint density at radius 2 is 2.00 bits per heavy atom. The average Bonchev–Trinajstić information content (AvgIpc) is 2.70. The standard InChI is InChI=1S/C15H26N2/c1-4-9-17(10-5-2)14-6-7-15-13(12-14)8-11-16(15)3/h8,11,14H,4-7,9-10,12H2,1-3H3/t14-/m1/s1. The maximum atomic E-state index is 2.70. The number of aryl methyl sites for hydroxylation is 1. The summed E-state index contributed by atoms with van der Waals surface area (Å²) in [6, 6.07) is 3.10. The molecule has 1 atom stereocenters. The second-order valence-corrected chi connectivity index (χ2v) is 5.33. The molecule has 0 aromatic carbocycles. The van der Waals surface area contributed by atoms with E-state index in [0.717, 1.165) is 6.04 Å². The fourth-order valence-corrected chi connectivity index (χ4v) is 3.16. The quantitative estimate of drug-likeness (QED) is 0.760. The summed E-state index contributed by atoms with van der Waals surface area (Å²) < 4.78 is 2.30. The Morgan fingerprint density at radius 1 is 1.29 bits per heavy atom. The minimum atomic E-state index is 0.782. The van der Waals surface area contributed by atoms with Gasteiger partial charge in [-0.15, -0.1) is 0 Å². The van der Waals surface area contributed by atoms with Crippen molar-refractivity contribution in [2.75, 3.05) is 13.1 Å². The molecular weight excluding hydrogens is 208 g/mol. The van der Waals surface area contributed by atoms with Crippen LogP contribution < -0.4 is 0 Å². The summed E-state index contributed by atoms with van der Waals surface area (Å²) in [7, 11) is 2.18. The summed E-state index contributed by atoms with van der Waals surface area (Å²) in [5.74, 6) is 0. The van der Waals surface area contributed by atoms with Gasteiger partial charge in [-0.3, -0.25) is 0 Å². The van der Waals surface area contributed by atoms with E-state index in [1.165, 1.54) is 45.2 Å². The van der Waals surface area contributed by atoms with Gasteiger partial charge >= 0.3 is 0 Å². The lowest BCUT2D eigenvalue weighted by Crippen LogP contribution is -2.40. The van der Waals surface area contributed by atoms with Crippen LogP contribution in [0.3, 0.4) is 0 Å².